The maximum atomic E-state index is 12.8. The quantitative estimate of drug-likeness (QED) is 0.473. The van der Waals surface area contributed by atoms with Crippen molar-refractivity contribution in [2.24, 2.45) is 0 Å². The van der Waals surface area contributed by atoms with Gasteiger partial charge in [0.05, 0.1) is 11.9 Å². The van der Waals surface area contributed by atoms with Gasteiger partial charge in [-0.15, -0.1) is 11.3 Å². The number of nitrogens with zero attached hydrogens (tertiary/aromatic N) is 2. The smallest absolute Gasteiger partial charge is 0.260 e. The molecule has 0 saturated heterocycles. The Labute approximate surface area is 172 Å². The first kappa shape index (κ1) is 18.9. The standard InChI is InChI=1S/C22H20ClN3OS/c1-14(15-6-4-3-5-7-15)26(2)12-19-24-21(27)20-18(13-28-22(20)25-19)16-8-10-17(23)11-9-16/h3-11,13-14H,12H2,1-2H3,(H,24,25,27)/t14-/m0/s1. The van der Waals surface area contributed by atoms with Crippen LogP contribution in [0.4, 0.5) is 0 Å². The Bertz CT molecular complexity index is 1150. The second-order valence-electron chi connectivity index (χ2n) is 6.85. The summed E-state index contributed by atoms with van der Waals surface area (Å²) in [5.74, 6) is 0.673. The second-order valence-corrected chi connectivity index (χ2v) is 8.15. The number of hydrogen-bond donors (Lipinski definition) is 1. The van der Waals surface area contributed by atoms with Crippen molar-refractivity contribution in [3.63, 3.8) is 0 Å². The highest BCUT2D eigenvalue weighted by atomic mass is 35.5. The Kier molecular flexibility index (Phi) is 5.31. The molecule has 2 aromatic heterocycles. The molecule has 0 aliphatic carbocycles. The average Bonchev–Trinajstić information content (AvgIpc) is 3.13. The highest BCUT2D eigenvalue weighted by molar-refractivity contribution is 7.17. The number of thiophene rings is 1. The van der Waals surface area contributed by atoms with Gasteiger partial charge in [0.1, 0.15) is 10.7 Å². The molecule has 4 nitrogen and oxygen atoms in total. The molecule has 142 valence electrons. The van der Waals surface area contributed by atoms with Gasteiger partial charge in [-0.3, -0.25) is 9.69 Å². The minimum atomic E-state index is -0.105. The normalized spacial score (nSPS) is 12.6. The zero-order chi connectivity index (χ0) is 19.7. The van der Waals surface area contributed by atoms with Gasteiger partial charge in [-0.2, -0.15) is 0 Å². The fraction of sp³-hybridized carbons (Fsp3) is 0.182. The van der Waals surface area contributed by atoms with Gasteiger partial charge in [0, 0.05) is 22.0 Å². The number of H-pyrrole nitrogens is 1. The van der Waals surface area contributed by atoms with E-state index < -0.39 is 0 Å². The van der Waals surface area contributed by atoms with Crippen LogP contribution in [-0.2, 0) is 6.54 Å². The molecule has 0 aliphatic rings. The summed E-state index contributed by atoms with van der Waals surface area (Å²) in [6.07, 6.45) is 0. The average molecular weight is 410 g/mol. The molecule has 0 spiro atoms. The molecule has 0 fully saturated rings. The molecule has 6 heteroatoms. The van der Waals surface area contributed by atoms with E-state index in [4.69, 9.17) is 16.6 Å². The number of nitrogens with one attached hydrogen (secondary N) is 1. The summed E-state index contributed by atoms with van der Waals surface area (Å²) >= 11 is 7.47. The third-order valence-corrected chi connectivity index (χ3v) is 6.11. The van der Waals surface area contributed by atoms with E-state index in [0.717, 1.165) is 16.0 Å². The van der Waals surface area contributed by atoms with Crippen molar-refractivity contribution in [1.82, 2.24) is 14.9 Å². The van der Waals surface area contributed by atoms with Gasteiger partial charge in [-0.1, -0.05) is 54.1 Å². The number of aromatic nitrogens is 2. The molecule has 4 aromatic rings. The van der Waals surface area contributed by atoms with Gasteiger partial charge in [0.2, 0.25) is 0 Å². The Hall–Kier alpha value is -2.47. The molecule has 0 aliphatic heterocycles. The molecule has 1 N–H and O–H groups in total. The summed E-state index contributed by atoms with van der Waals surface area (Å²) in [5, 5.41) is 3.29. The highest BCUT2D eigenvalue weighted by Crippen LogP contribution is 2.31. The fourth-order valence-corrected chi connectivity index (χ4v) is 4.36. The molecule has 0 bridgehead atoms. The third-order valence-electron chi connectivity index (χ3n) is 4.99. The predicted octanol–water partition coefficient (Wildman–Crippen LogP) is 5.50. The minimum Gasteiger partial charge on any atom is -0.309 e. The van der Waals surface area contributed by atoms with E-state index >= 15 is 0 Å². The van der Waals surface area contributed by atoms with Crippen LogP contribution >= 0.6 is 22.9 Å². The third kappa shape index (κ3) is 3.74. The van der Waals surface area contributed by atoms with Gasteiger partial charge >= 0.3 is 0 Å². The van der Waals surface area contributed by atoms with Gasteiger partial charge in [-0.25, -0.2) is 4.98 Å². The first-order valence-corrected chi connectivity index (χ1v) is 10.3. The summed E-state index contributed by atoms with van der Waals surface area (Å²) in [4.78, 5) is 23.4. The molecule has 0 saturated carbocycles. The minimum absolute atomic E-state index is 0.105. The van der Waals surface area contributed by atoms with Crippen molar-refractivity contribution in [2.75, 3.05) is 7.05 Å². The van der Waals surface area contributed by atoms with Crippen molar-refractivity contribution < 1.29 is 0 Å². The van der Waals surface area contributed by atoms with Gasteiger partial charge in [0.15, 0.2) is 0 Å². The van der Waals surface area contributed by atoms with E-state index in [1.165, 1.54) is 16.9 Å². The lowest BCUT2D eigenvalue weighted by Gasteiger charge is -2.24. The van der Waals surface area contributed by atoms with Crippen LogP contribution in [-0.4, -0.2) is 21.9 Å². The first-order chi connectivity index (χ1) is 13.5. The number of benzene rings is 2. The van der Waals surface area contributed by atoms with Crippen LogP contribution in [0.25, 0.3) is 21.3 Å². The van der Waals surface area contributed by atoms with Crippen LogP contribution in [0.2, 0.25) is 5.02 Å². The molecule has 0 unspecified atom stereocenters. The lowest BCUT2D eigenvalue weighted by molar-refractivity contribution is 0.247. The van der Waals surface area contributed by atoms with Crippen molar-refractivity contribution in [1.29, 1.82) is 0 Å². The Morgan fingerprint density at radius 2 is 1.86 bits per heavy atom. The molecule has 0 amide bonds. The van der Waals surface area contributed by atoms with Gasteiger partial charge in [0.25, 0.3) is 5.56 Å². The number of hydrogen-bond acceptors (Lipinski definition) is 4. The maximum absolute atomic E-state index is 12.8. The van der Waals surface area contributed by atoms with Crippen molar-refractivity contribution in [3.8, 4) is 11.1 Å². The molecular formula is C22H20ClN3OS. The molecule has 4 rings (SSSR count). The first-order valence-electron chi connectivity index (χ1n) is 9.04. The molecule has 28 heavy (non-hydrogen) atoms. The SMILES string of the molecule is C[C@@H](c1ccccc1)N(C)Cc1nc2scc(-c3ccc(Cl)cc3)c2c(=O)[nH]1. The van der Waals surface area contributed by atoms with E-state index in [1.807, 2.05) is 54.9 Å². The Balaban J connectivity index is 1.63. The zero-order valence-electron chi connectivity index (χ0n) is 15.6. The van der Waals surface area contributed by atoms with E-state index in [-0.39, 0.29) is 11.6 Å². The van der Waals surface area contributed by atoms with Crippen LogP contribution in [0.5, 0.6) is 0 Å². The zero-order valence-corrected chi connectivity index (χ0v) is 17.2. The fourth-order valence-electron chi connectivity index (χ4n) is 3.27. The van der Waals surface area contributed by atoms with Crippen LogP contribution < -0.4 is 5.56 Å². The molecular weight excluding hydrogens is 390 g/mol. The Morgan fingerprint density at radius 1 is 1.14 bits per heavy atom. The molecule has 0 radical (unpaired) electrons. The number of aromatic amines is 1. The predicted molar refractivity (Wildman–Crippen MR) is 117 cm³/mol. The summed E-state index contributed by atoms with van der Waals surface area (Å²) < 4.78 is 0. The largest absolute Gasteiger partial charge is 0.309 e. The number of halogens is 1. The highest BCUT2D eigenvalue weighted by Gasteiger charge is 2.16. The molecule has 2 aromatic carbocycles. The van der Waals surface area contributed by atoms with E-state index in [1.54, 1.807) is 0 Å². The summed E-state index contributed by atoms with van der Waals surface area (Å²) in [6.45, 7) is 2.71. The lowest BCUT2D eigenvalue weighted by atomic mass is 10.1. The van der Waals surface area contributed by atoms with E-state index in [2.05, 4.69) is 28.9 Å². The van der Waals surface area contributed by atoms with Crippen LogP contribution in [0.15, 0.2) is 64.8 Å². The Morgan fingerprint density at radius 3 is 2.57 bits per heavy atom. The van der Waals surface area contributed by atoms with Crippen molar-refractivity contribution in [3.05, 3.63) is 86.7 Å². The molecule has 2 heterocycles. The van der Waals surface area contributed by atoms with Gasteiger partial charge in [-0.05, 0) is 37.2 Å². The lowest BCUT2D eigenvalue weighted by Crippen LogP contribution is -2.24. The van der Waals surface area contributed by atoms with E-state index in [0.29, 0.717) is 22.8 Å². The topological polar surface area (TPSA) is 49.0 Å². The van der Waals surface area contributed by atoms with Crippen LogP contribution in [0.3, 0.4) is 0 Å². The summed E-state index contributed by atoms with van der Waals surface area (Å²) in [5.41, 5.74) is 2.98. The monoisotopic (exact) mass is 409 g/mol. The van der Waals surface area contributed by atoms with Crippen LogP contribution in [0, 0.1) is 0 Å². The van der Waals surface area contributed by atoms with Crippen LogP contribution in [0.1, 0.15) is 24.4 Å². The van der Waals surface area contributed by atoms with Gasteiger partial charge < -0.3 is 4.98 Å². The number of rotatable bonds is 5. The number of fused-ring (bicyclic) bond motifs is 1. The summed E-state index contributed by atoms with van der Waals surface area (Å²) in [7, 11) is 2.04. The maximum Gasteiger partial charge on any atom is 0.260 e. The molecule has 1 atom stereocenters. The van der Waals surface area contributed by atoms with Crippen molar-refractivity contribution >= 4 is 33.2 Å². The second kappa shape index (κ2) is 7.87. The van der Waals surface area contributed by atoms with E-state index in [9.17, 15) is 4.79 Å². The van der Waals surface area contributed by atoms with Crippen molar-refractivity contribution in [2.45, 2.75) is 19.5 Å². The summed E-state index contributed by atoms with van der Waals surface area (Å²) in [6, 6.07) is 18.0.